The Kier molecular flexibility index (Phi) is 5.70. The molecule has 0 saturated heterocycles. The fourth-order valence-corrected chi connectivity index (χ4v) is 2.70. The highest BCUT2D eigenvalue weighted by molar-refractivity contribution is 9.10. The molecule has 1 rings (SSSR count). The van der Waals surface area contributed by atoms with E-state index in [0.717, 1.165) is 9.35 Å². The molecule has 3 N–H and O–H groups in total. The molecule has 8 heteroatoms. The van der Waals surface area contributed by atoms with Crippen molar-refractivity contribution < 1.29 is 19.5 Å². The van der Waals surface area contributed by atoms with Gasteiger partial charge < -0.3 is 10.4 Å². The van der Waals surface area contributed by atoms with Crippen LogP contribution >= 0.6 is 27.3 Å². The van der Waals surface area contributed by atoms with Crippen molar-refractivity contribution in [3.05, 3.63) is 20.8 Å². The van der Waals surface area contributed by atoms with Crippen LogP contribution in [-0.4, -0.2) is 23.0 Å². The molecular formula is C12H15BrN2O4S. The first-order valence-electron chi connectivity index (χ1n) is 5.75. The highest BCUT2D eigenvalue weighted by Crippen LogP contribution is 2.20. The van der Waals surface area contributed by atoms with Gasteiger partial charge in [0, 0.05) is 21.2 Å². The predicted molar refractivity (Wildman–Crippen MR) is 78.4 cm³/mol. The first-order chi connectivity index (χ1) is 9.20. The molecule has 1 aromatic rings. The Balaban J connectivity index is 2.39. The maximum atomic E-state index is 11.5. The van der Waals surface area contributed by atoms with Crippen molar-refractivity contribution in [2.24, 2.45) is 5.41 Å². The van der Waals surface area contributed by atoms with E-state index < -0.39 is 23.3 Å². The van der Waals surface area contributed by atoms with Crippen LogP contribution in [0.3, 0.4) is 0 Å². The Morgan fingerprint density at radius 2 is 2.05 bits per heavy atom. The number of carbonyl (C=O) groups excluding carboxylic acids is 2. The zero-order valence-corrected chi connectivity index (χ0v) is 13.4. The number of aliphatic carboxylic acids is 1. The zero-order valence-electron chi connectivity index (χ0n) is 11.0. The highest BCUT2D eigenvalue weighted by atomic mass is 79.9. The fraction of sp³-hybridized carbons (Fsp3) is 0.417. The van der Waals surface area contributed by atoms with Gasteiger partial charge in [-0.15, -0.1) is 11.3 Å². The number of carboxylic acid groups (broad SMARTS) is 1. The summed E-state index contributed by atoms with van der Waals surface area (Å²) < 4.78 is 0.930. The topological polar surface area (TPSA) is 95.5 Å². The van der Waals surface area contributed by atoms with Crippen molar-refractivity contribution in [3.63, 3.8) is 0 Å². The molecule has 0 spiro atoms. The van der Waals surface area contributed by atoms with Crippen LogP contribution in [0, 0.1) is 5.41 Å². The van der Waals surface area contributed by atoms with Crippen LogP contribution in [0.1, 0.15) is 25.1 Å². The number of amides is 3. The van der Waals surface area contributed by atoms with Crippen LogP contribution in [0.2, 0.25) is 0 Å². The average Bonchev–Trinajstić information content (AvgIpc) is 2.71. The minimum Gasteiger partial charge on any atom is -0.481 e. The third-order valence-electron chi connectivity index (χ3n) is 2.48. The van der Waals surface area contributed by atoms with E-state index in [2.05, 4.69) is 26.6 Å². The summed E-state index contributed by atoms with van der Waals surface area (Å²) in [6.07, 6.45) is -0.264. The number of hydrogen-bond donors (Lipinski definition) is 3. The van der Waals surface area contributed by atoms with E-state index in [9.17, 15) is 14.4 Å². The molecule has 0 aliphatic rings. The molecule has 1 aromatic heterocycles. The van der Waals surface area contributed by atoms with Gasteiger partial charge >= 0.3 is 12.0 Å². The summed E-state index contributed by atoms with van der Waals surface area (Å²) in [5.74, 6) is -1.71. The Labute approximate surface area is 128 Å². The number of halogens is 1. The Bertz CT molecular complexity index is 527. The summed E-state index contributed by atoms with van der Waals surface area (Å²) in [6.45, 7) is 3.16. The number of imide groups is 1. The number of urea groups is 1. The molecule has 0 atom stereocenters. The molecule has 0 aliphatic carbocycles. The number of rotatable bonds is 5. The number of carbonyl (C=O) groups is 3. The van der Waals surface area contributed by atoms with Crippen LogP contribution in [0.15, 0.2) is 15.9 Å². The summed E-state index contributed by atoms with van der Waals surface area (Å²) in [5, 5.41) is 15.4. The van der Waals surface area contributed by atoms with Gasteiger partial charge in [-0.2, -0.15) is 0 Å². The highest BCUT2D eigenvalue weighted by Gasteiger charge is 2.30. The molecule has 0 saturated carbocycles. The van der Waals surface area contributed by atoms with E-state index in [-0.39, 0.29) is 6.42 Å². The number of hydrogen-bond acceptors (Lipinski definition) is 4. The summed E-state index contributed by atoms with van der Waals surface area (Å²) in [7, 11) is 0. The quantitative estimate of drug-likeness (QED) is 0.748. The van der Waals surface area contributed by atoms with Crippen molar-refractivity contribution in [2.75, 3.05) is 0 Å². The van der Waals surface area contributed by atoms with E-state index in [1.54, 1.807) is 0 Å². The van der Waals surface area contributed by atoms with Crippen molar-refractivity contribution in [3.8, 4) is 0 Å². The lowest BCUT2D eigenvalue weighted by atomic mass is 9.89. The van der Waals surface area contributed by atoms with Gasteiger partial charge in [0.1, 0.15) is 0 Å². The molecule has 20 heavy (non-hydrogen) atoms. The van der Waals surface area contributed by atoms with E-state index in [1.165, 1.54) is 25.2 Å². The van der Waals surface area contributed by atoms with Crippen LogP contribution in [0.25, 0.3) is 0 Å². The van der Waals surface area contributed by atoms with Gasteiger partial charge in [0.05, 0.1) is 12.0 Å². The van der Waals surface area contributed by atoms with Crippen LogP contribution in [0.5, 0.6) is 0 Å². The van der Waals surface area contributed by atoms with Gasteiger partial charge in [-0.25, -0.2) is 4.79 Å². The summed E-state index contributed by atoms with van der Waals surface area (Å²) in [5.41, 5.74) is -1.21. The van der Waals surface area contributed by atoms with Gasteiger partial charge in [0.2, 0.25) is 5.91 Å². The van der Waals surface area contributed by atoms with E-state index in [4.69, 9.17) is 5.11 Å². The summed E-state index contributed by atoms with van der Waals surface area (Å²) >= 11 is 4.77. The number of thiophene rings is 1. The first kappa shape index (κ1) is 16.6. The number of nitrogens with one attached hydrogen (secondary N) is 2. The molecule has 0 radical (unpaired) electrons. The van der Waals surface area contributed by atoms with Gasteiger partial charge in [-0.05, 0) is 35.8 Å². The minimum atomic E-state index is -1.21. The van der Waals surface area contributed by atoms with Crippen LogP contribution in [0.4, 0.5) is 4.79 Å². The summed E-state index contributed by atoms with van der Waals surface area (Å²) in [6, 6.07) is 1.22. The van der Waals surface area contributed by atoms with Crippen LogP contribution < -0.4 is 10.6 Å². The molecule has 1 heterocycles. The fourth-order valence-electron chi connectivity index (χ4n) is 1.31. The van der Waals surface area contributed by atoms with Gasteiger partial charge in [0.15, 0.2) is 0 Å². The second kappa shape index (κ2) is 6.85. The first-order valence-corrected chi connectivity index (χ1v) is 7.42. The van der Waals surface area contributed by atoms with Crippen molar-refractivity contribution >= 4 is 45.2 Å². The largest absolute Gasteiger partial charge is 0.481 e. The van der Waals surface area contributed by atoms with Crippen LogP contribution in [-0.2, 0) is 16.1 Å². The molecular weight excluding hydrogens is 348 g/mol. The molecule has 0 aromatic carbocycles. The molecule has 3 amide bonds. The smallest absolute Gasteiger partial charge is 0.321 e. The summed E-state index contributed by atoms with van der Waals surface area (Å²) in [4.78, 5) is 34.8. The second-order valence-corrected chi connectivity index (χ2v) is 6.74. The normalized spacial score (nSPS) is 10.9. The second-order valence-electron chi connectivity index (χ2n) is 4.83. The molecule has 110 valence electrons. The lowest BCUT2D eigenvalue weighted by Gasteiger charge is -2.17. The molecule has 6 nitrogen and oxygen atoms in total. The van der Waals surface area contributed by atoms with E-state index in [0.29, 0.717) is 6.54 Å². The molecule has 0 fully saturated rings. The Morgan fingerprint density at radius 3 is 2.55 bits per heavy atom. The maximum Gasteiger partial charge on any atom is 0.321 e. The zero-order chi connectivity index (χ0) is 15.3. The van der Waals surface area contributed by atoms with E-state index >= 15 is 0 Å². The third-order valence-corrected chi connectivity index (χ3v) is 4.18. The van der Waals surface area contributed by atoms with Gasteiger partial charge in [-0.1, -0.05) is 0 Å². The van der Waals surface area contributed by atoms with Gasteiger partial charge in [-0.3, -0.25) is 14.9 Å². The van der Waals surface area contributed by atoms with Gasteiger partial charge in [0.25, 0.3) is 0 Å². The van der Waals surface area contributed by atoms with Crippen molar-refractivity contribution in [2.45, 2.75) is 26.8 Å². The SMILES string of the molecule is CC(C)(CC(=O)NC(=O)NCc1cc(Br)cs1)C(=O)O. The molecule has 0 aliphatic heterocycles. The molecule has 0 bridgehead atoms. The third kappa shape index (κ3) is 5.30. The number of carboxylic acids is 1. The standard InChI is InChI=1S/C12H15BrN2O4S/c1-12(2,10(17)18)4-9(16)15-11(19)14-5-8-3-7(13)6-20-8/h3,6H,4-5H2,1-2H3,(H,17,18)(H2,14,15,16,19). The Hall–Kier alpha value is -1.41. The average molecular weight is 363 g/mol. The Morgan fingerprint density at radius 1 is 1.40 bits per heavy atom. The lowest BCUT2D eigenvalue weighted by molar-refractivity contribution is -0.149. The minimum absolute atomic E-state index is 0.264. The monoisotopic (exact) mass is 362 g/mol. The maximum absolute atomic E-state index is 11.5. The lowest BCUT2D eigenvalue weighted by Crippen LogP contribution is -2.41. The van der Waals surface area contributed by atoms with E-state index in [1.807, 2.05) is 11.4 Å². The van der Waals surface area contributed by atoms with Crippen molar-refractivity contribution in [1.82, 2.24) is 10.6 Å². The molecule has 0 unspecified atom stereocenters. The predicted octanol–water partition coefficient (Wildman–Crippen LogP) is 2.34. The van der Waals surface area contributed by atoms with Crippen molar-refractivity contribution in [1.29, 1.82) is 0 Å².